The number of hydrogen-bond acceptors (Lipinski definition) is 4. The van der Waals surface area contributed by atoms with Crippen LogP contribution in [0.2, 0.25) is 0 Å². The highest BCUT2D eigenvalue weighted by Gasteiger charge is 2.24. The molecule has 0 unspecified atom stereocenters. The van der Waals surface area contributed by atoms with E-state index in [1.807, 2.05) is 0 Å². The van der Waals surface area contributed by atoms with Gasteiger partial charge in [-0.3, -0.25) is 0 Å². The lowest BCUT2D eigenvalue weighted by Gasteiger charge is -2.39. The Morgan fingerprint density at radius 3 is 2.04 bits per heavy atom. The van der Waals surface area contributed by atoms with Crippen LogP contribution in [0.25, 0.3) is 0 Å². The number of piperidine rings is 1. The molecular formula is C19H39N3O. The summed E-state index contributed by atoms with van der Waals surface area (Å²) in [5, 5.41) is 0. The van der Waals surface area contributed by atoms with Crippen molar-refractivity contribution < 1.29 is 4.74 Å². The van der Waals surface area contributed by atoms with Crippen LogP contribution in [0.3, 0.4) is 0 Å². The van der Waals surface area contributed by atoms with Crippen LogP contribution in [0.1, 0.15) is 47.0 Å². The van der Waals surface area contributed by atoms with Crippen LogP contribution in [0, 0.1) is 5.92 Å². The molecule has 0 atom stereocenters. The second-order valence-corrected chi connectivity index (χ2v) is 7.99. The smallest absolute Gasteiger partial charge is 0.0518 e. The predicted molar refractivity (Wildman–Crippen MR) is 98.0 cm³/mol. The molecule has 136 valence electrons. The van der Waals surface area contributed by atoms with Gasteiger partial charge in [0, 0.05) is 51.9 Å². The zero-order valence-electron chi connectivity index (χ0n) is 16.0. The molecular weight excluding hydrogens is 286 g/mol. The van der Waals surface area contributed by atoms with Crippen LogP contribution in [-0.2, 0) is 4.74 Å². The first-order valence-corrected chi connectivity index (χ1v) is 9.85. The molecule has 0 saturated carbocycles. The van der Waals surface area contributed by atoms with E-state index in [4.69, 9.17) is 4.74 Å². The molecule has 23 heavy (non-hydrogen) atoms. The summed E-state index contributed by atoms with van der Waals surface area (Å²) in [6, 6.07) is 0.721. The second-order valence-electron chi connectivity index (χ2n) is 7.99. The normalized spacial score (nSPS) is 23.2. The number of nitrogens with zero attached hydrogens (tertiary/aromatic N) is 3. The van der Waals surface area contributed by atoms with Crippen LogP contribution in [0.15, 0.2) is 0 Å². The Morgan fingerprint density at radius 1 is 0.870 bits per heavy atom. The summed E-state index contributed by atoms with van der Waals surface area (Å²) in [5.74, 6) is 0.927. The maximum absolute atomic E-state index is 5.64. The largest absolute Gasteiger partial charge is 0.379 e. The number of likely N-dealkylation sites (tertiary alicyclic amines) is 1. The van der Waals surface area contributed by atoms with Crippen molar-refractivity contribution in [3.05, 3.63) is 0 Å². The third kappa shape index (κ3) is 7.08. The molecule has 4 heteroatoms. The van der Waals surface area contributed by atoms with Crippen molar-refractivity contribution in [3.8, 4) is 0 Å². The van der Waals surface area contributed by atoms with Crippen LogP contribution in [0.4, 0.5) is 0 Å². The summed E-state index contributed by atoms with van der Waals surface area (Å²) in [6.07, 6.45) is 4.33. The summed E-state index contributed by atoms with van der Waals surface area (Å²) >= 11 is 0. The van der Waals surface area contributed by atoms with Crippen molar-refractivity contribution in [2.24, 2.45) is 5.92 Å². The maximum Gasteiger partial charge on any atom is 0.0518 e. The van der Waals surface area contributed by atoms with E-state index >= 15 is 0 Å². The Balaban J connectivity index is 1.55. The molecule has 4 nitrogen and oxygen atoms in total. The number of ether oxygens (including phenoxy) is 1. The Morgan fingerprint density at radius 2 is 1.48 bits per heavy atom. The van der Waals surface area contributed by atoms with Crippen molar-refractivity contribution in [1.82, 2.24) is 14.7 Å². The van der Waals surface area contributed by atoms with Crippen molar-refractivity contribution in [1.29, 1.82) is 0 Å². The van der Waals surface area contributed by atoms with Crippen molar-refractivity contribution in [2.75, 3.05) is 59.0 Å². The Hall–Kier alpha value is -0.160. The lowest BCUT2D eigenvalue weighted by molar-refractivity contribution is 0.0587. The maximum atomic E-state index is 5.64. The summed E-state index contributed by atoms with van der Waals surface area (Å²) in [6.45, 7) is 19.9. The molecule has 2 fully saturated rings. The van der Waals surface area contributed by atoms with Crippen LogP contribution in [0.5, 0.6) is 0 Å². The molecule has 0 radical (unpaired) electrons. The van der Waals surface area contributed by atoms with Crippen LogP contribution in [-0.4, -0.2) is 85.8 Å². The zero-order chi connectivity index (χ0) is 16.7. The molecule has 0 bridgehead atoms. The summed E-state index contributed by atoms with van der Waals surface area (Å²) < 4.78 is 5.64. The molecule has 0 aromatic rings. The zero-order valence-corrected chi connectivity index (χ0v) is 16.0. The van der Waals surface area contributed by atoms with E-state index in [1.54, 1.807) is 0 Å². The van der Waals surface area contributed by atoms with Crippen molar-refractivity contribution in [2.45, 2.75) is 59.1 Å². The molecule has 0 N–H and O–H groups in total. The highest BCUT2D eigenvalue weighted by molar-refractivity contribution is 4.79. The fraction of sp³-hybridized carbons (Fsp3) is 1.00. The van der Waals surface area contributed by atoms with Crippen LogP contribution < -0.4 is 0 Å². The molecule has 0 aromatic carbocycles. The number of hydrogen-bond donors (Lipinski definition) is 0. The minimum atomic E-state index is 0.369. The molecule has 2 aliphatic heterocycles. The monoisotopic (exact) mass is 325 g/mol. The topological polar surface area (TPSA) is 19.0 Å². The predicted octanol–water partition coefficient (Wildman–Crippen LogP) is 2.54. The molecule has 0 amide bonds. The van der Waals surface area contributed by atoms with E-state index < -0.39 is 0 Å². The van der Waals surface area contributed by atoms with E-state index in [0.717, 1.165) is 18.6 Å². The summed E-state index contributed by atoms with van der Waals surface area (Å²) in [4.78, 5) is 7.95. The Bertz CT molecular complexity index is 306. The lowest BCUT2D eigenvalue weighted by Crippen LogP contribution is -2.49. The van der Waals surface area contributed by atoms with Gasteiger partial charge in [0.05, 0.1) is 6.10 Å². The molecule has 2 aliphatic rings. The fourth-order valence-corrected chi connectivity index (χ4v) is 3.82. The van der Waals surface area contributed by atoms with Gasteiger partial charge in [-0.15, -0.1) is 0 Å². The molecule has 2 heterocycles. The third-order valence-electron chi connectivity index (χ3n) is 5.43. The minimum Gasteiger partial charge on any atom is -0.379 e. The van der Waals surface area contributed by atoms with Gasteiger partial charge in [0.1, 0.15) is 0 Å². The lowest BCUT2D eigenvalue weighted by atomic mass is 9.95. The van der Waals surface area contributed by atoms with Gasteiger partial charge in [-0.1, -0.05) is 0 Å². The van der Waals surface area contributed by atoms with Gasteiger partial charge < -0.3 is 19.4 Å². The second kappa shape index (κ2) is 9.97. The number of piperazine rings is 1. The van der Waals surface area contributed by atoms with Crippen molar-refractivity contribution >= 4 is 0 Å². The van der Waals surface area contributed by atoms with Gasteiger partial charge in [0.15, 0.2) is 0 Å². The van der Waals surface area contributed by atoms with Gasteiger partial charge in [-0.25, -0.2) is 0 Å². The summed E-state index contributed by atoms with van der Waals surface area (Å²) in [5.41, 5.74) is 0. The van der Waals surface area contributed by atoms with Gasteiger partial charge in [-0.05, 0) is 66.0 Å². The molecule has 2 saturated heterocycles. The molecule has 0 aromatic heterocycles. The number of rotatable bonds is 8. The van der Waals surface area contributed by atoms with Gasteiger partial charge in [0.2, 0.25) is 0 Å². The standard InChI is InChI=1S/C19H39N3O/c1-17(2)22-9-6-19(7-10-22)16-21-13-11-20(12-14-21)8-5-15-23-18(3)4/h17-19H,5-16H2,1-4H3. The van der Waals surface area contributed by atoms with Crippen molar-refractivity contribution in [3.63, 3.8) is 0 Å². The Labute approximate surface area is 144 Å². The van der Waals surface area contributed by atoms with E-state index in [-0.39, 0.29) is 0 Å². The summed E-state index contributed by atoms with van der Waals surface area (Å²) in [7, 11) is 0. The first-order chi connectivity index (χ1) is 11.0. The molecule has 2 rings (SSSR count). The first kappa shape index (κ1) is 19.2. The third-order valence-corrected chi connectivity index (χ3v) is 5.43. The Kier molecular flexibility index (Phi) is 8.31. The van der Waals surface area contributed by atoms with Gasteiger partial charge in [-0.2, -0.15) is 0 Å². The van der Waals surface area contributed by atoms with Gasteiger partial charge in [0.25, 0.3) is 0 Å². The van der Waals surface area contributed by atoms with E-state index in [1.165, 1.54) is 71.6 Å². The average Bonchev–Trinajstić information content (AvgIpc) is 2.53. The fourth-order valence-electron chi connectivity index (χ4n) is 3.82. The van der Waals surface area contributed by atoms with E-state index in [0.29, 0.717) is 6.10 Å². The SMILES string of the molecule is CC(C)OCCCN1CCN(CC2CCN(C(C)C)CC2)CC1. The van der Waals surface area contributed by atoms with E-state index in [9.17, 15) is 0 Å². The quantitative estimate of drug-likeness (QED) is 0.638. The van der Waals surface area contributed by atoms with Crippen LogP contribution >= 0.6 is 0 Å². The van der Waals surface area contributed by atoms with Gasteiger partial charge >= 0.3 is 0 Å². The minimum absolute atomic E-state index is 0.369. The highest BCUT2D eigenvalue weighted by atomic mass is 16.5. The first-order valence-electron chi connectivity index (χ1n) is 9.85. The molecule has 0 aliphatic carbocycles. The highest BCUT2D eigenvalue weighted by Crippen LogP contribution is 2.20. The molecule has 0 spiro atoms. The average molecular weight is 326 g/mol. The van der Waals surface area contributed by atoms with E-state index in [2.05, 4.69) is 42.4 Å².